The standard InChI is InChI=1S/C9H15N3O2/c10-8(14)6-4-11-2-1-9(6)3-7(13)12-5-9/h6,11H,1-5H2,(H2,10,14)(H,12,13). The van der Waals surface area contributed by atoms with Crippen molar-refractivity contribution < 1.29 is 9.59 Å². The van der Waals surface area contributed by atoms with E-state index < -0.39 is 0 Å². The Hall–Kier alpha value is -1.10. The number of amides is 2. The van der Waals surface area contributed by atoms with Crippen molar-refractivity contribution in [3.63, 3.8) is 0 Å². The summed E-state index contributed by atoms with van der Waals surface area (Å²) >= 11 is 0. The van der Waals surface area contributed by atoms with Crippen molar-refractivity contribution in [3.8, 4) is 0 Å². The van der Waals surface area contributed by atoms with E-state index in [1.165, 1.54) is 0 Å². The molecule has 5 heteroatoms. The molecule has 2 unspecified atom stereocenters. The predicted molar refractivity (Wildman–Crippen MR) is 50.2 cm³/mol. The molecular formula is C9H15N3O2. The Morgan fingerprint density at radius 3 is 2.93 bits per heavy atom. The highest BCUT2D eigenvalue weighted by Gasteiger charge is 2.48. The van der Waals surface area contributed by atoms with Crippen LogP contribution < -0.4 is 16.4 Å². The van der Waals surface area contributed by atoms with Crippen LogP contribution in [0.15, 0.2) is 0 Å². The van der Waals surface area contributed by atoms with Gasteiger partial charge in [-0.2, -0.15) is 0 Å². The van der Waals surface area contributed by atoms with Crippen LogP contribution in [-0.4, -0.2) is 31.4 Å². The molecule has 78 valence electrons. The summed E-state index contributed by atoms with van der Waals surface area (Å²) in [4.78, 5) is 22.5. The normalized spacial score (nSPS) is 37.1. The lowest BCUT2D eigenvalue weighted by Crippen LogP contribution is -2.51. The molecule has 2 atom stereocenters. The van der Waals surface area contributed by atoms with Gasteiger partial charge in [0.15, 0.2) is 0 Å². The second kappa shape index (κ2) is 3.24. The Labute approximate surface area is 82.4 Å². The molecule has 1 spiro atoms. The Morgan fingerprint density at radius 2 is 2.36 bits per heavy atom. The summed E-state index contributed by atoms with van der Waals surface area (Å²) in [6.07, 6.45) is 1.29. The van der Waals surface area contributed by atoms with Gasteiger partial charge in [0, 0.05) is 24.9 Å². The van der Waals surface area contributed by atoms with Gasteiger partial charge in [0.05, 0.1) is 5.92 Å². The third-order valence-corrected chi connectivity index (χ3v) is 3.38. The summed E-state index contributed by atoms with van der Waals surface area (Å²) < 4.78 is 0. The van der Waals surface area contributed by atoms with E-state index in [2.05, 4.69) is 10.6 Å². The summed E-state index contributed by atoms with van der Waals surface area (Å²) in [6.45, 7) is 2.06. The molecule has 0 saturated carbocycles. The highest BCUT2D eigenvalue weighted by atomic mass is 16.2. The SMILES string of the molecule is NC(=O)C1CNCCC12CNC(=O)C2. The minimum atomic E-state index is -0.297. The molecule has 2 aliphatic heterocycles. The third-order valence-electron chi connectivity index (χ3n) is 3.38. The number of carbonyl (C=O) groups excluding carboxylic acids is 2. The van der Waals surface area contributed by atoms with Crippen molar-refractivity contribution in [2.24, 2.45) is 17.1 Å². The number of hydrogen-bond acceptors (Lipinski definition) is 3. The molecule has 2 heterocycles. The van der Waals surface area contributed by atoms with E-state index in [1.54, 1.807) is 0 Å². The number of piperidine rings is 1. The maximum atomic E-state index is 11.3. The van der Waals surface area contributed by atoms with Crippen LogP contribution >= 0.6 is 0 Å². The average Bonchev–Trinajstić information content (AvgIpc) is 2.48. The molecule has 0 aliphatic carbocycles. The Bertz CT molecular complexity index is 279. The minimum absolute atomic E-state index is 0.0400. The highest BCUT2D eigenvalue weighted by Crippen LogP contribution is 2.39. The van der Waals surface area contributed by atoms with Crippen molar-refractivity contribution in [3.05, 3.63) is 0 Å². The molecule has 2 aliphatic rings. The van der Waals surface area contributed by atoms with Gasteiger partial charge in [-0.25, -0.2) is 0 Å². The first kappa shape index (κ1) is 9.45. The topological polar surface area (TPSA) is 84.2 Å². The van der Waals surface area contributed by atoms with Crippen molar-refractivity contribution in [2.75, 3.05) is 19.6 Å². The predicted octanol–water partition coefficient (Wildman–Crippen LogP) is -1.41. The molecule has 0 aromatic rings. The van der Waals surface area contributed by atoms with Crippen molar-refractivity contribution in [1.82, 2.24) is 10.6 Å². The molecular weight excluding hydrogens is 182 g/mol. The molecule has 0 aromatic carbocycles. The number of primary amides is 1. The van der Waals surface area contributed by atoms with E-state index in [4.69, 9.17) is 5.73 Å². The fourth-order valence-electron chi connectivity index (χ4n) is 2.52. The Kier molecular flexibility index (Phi) is 2.19. The highest BCUT2D eigenvalue weighted by molar-refractivity contribution is 5.83. The fourth-order valence-corrected chi connectivity index (χ4v) is 2.52. The lowest BCUT2D eigenvalue weighted by Gasteiger charge is -2.38. The van der Waals surface area contributed by atoms with Crippen LogP contribution in [0.3, 0.4) is 0 Å². The third kappa shape index (κ3) is 1.37. The lowest BCUT2D eigenvalue weighted by atomic mass is 9.69. The number of rotatable bonds is 1. The maximum absolute atomic E-state index is 11.3. The fraction of sp³-hybridized carbons (Fsp3) is 0.778. The van der Waals surface area contributed by atoms with Crippen LogP contribution in [0.5, 0.6) is 0 Å². The lowest BCUT2D eigenvalue weighted by molar-refractivity contribution is -0.127. The van der Waals surface area contributed by atoms with Crippen LogP contribution in [0.25, 0.3) is 0 Å². The number of hydrogen-bond donors (Lipinski definition) is 3. The van der Waals surface area contributed by atoms with Gasteiger partial charge in [0.1, 0.15) is 0 Å². The van der Waals surface area contributed by atoms with Gasteiger partial charge in [-0.05, 0) is 13.0 Å². The molecule has 2 amide bonds. The molecule has 0 radical (unpaired) electrons. The monoisotopic (exact) mass is 197 g/mol. The number of nitrogens with one attached hydrogen (secondary N) is 2. The summed E-state index contributed by atoms with van der Waals surface area (Å²) in [5.41, 5.74) is 5.14. The molecule has 2 rings (SSSR count). The molecule has 2 fully saturated rings. The zero-order valence-corrected chi connectivity index (χ0v) is 8.01. The Balaban J connectivity index is 2.21. The van der Waals surface area contributed by atoms with Gasteiger partial charge in [-0.1, -0.05) is 0 Å². The Morgan fingerprint density at radius 1 is 1.57 bits per heavy atom. The van der Waals surface area contributed by atoms with Crippen molar-refractivity contribution in [1.29, 1.82) is 0 Å². The van der Waals surface area contributed by atoms with Gasteiger partial charge in [0.25, 0.3) is 0 Å². The molecule has 0 aromatic heterocycles. The zero-order chi connectivity index (χ0) is 10.2. The van der Waals surface area contributed by atoms with Crippen molar-refractivity contribution >= 4 is 11.8 Å². The van der Waals surface area contributed by atoms with Gasteiger partial charge >= 0.3 is 0 Å². The van der Waals surface area contributed by atoms with E-state index in [9.17, 15) is 9.59 Å². The average molecular weight is 197 g/mol. The van der Waals surface area contributed by atoms with E-state index in [-0.39, 0.29) is 23.1 Å². The van der Waals surface area contributed by atoms with Crippen LogP contribution in [0, 0.1) is 11.3 Å². The van der Waals surface area contributed by atoms with Crippen LogP contribution in [-0.2, 0) is 9.59 Å². The van der Waals surface area contributed by atoms with E-state index in [1.807, 2.05) is 0 Å². The van der Waals surface area contributed by atoms with Crippen LogP contribution in [0.4, 0.5) is 0 Å². The first-order valence-electron chi connectivity index (χ1n) is 4.91. The molecule has 14 heavy (non-hydrogen) atoms. The summed E-state index contributed by atoms with van der Waals surface area (Å²) in [5.74, 6) is -0.470. The van der Waals surface area contributed by atoms with Crippen LogP contribution in [0.1, 0.15) is 12.8 Å². The second-order valence-electron chi connectivity index (χ2n) is 4.22. The second-order valence-corrected chi connectivity index (χ2v) is 4.22. The molecule has 2 saturated heterocycles. The van der Waals surface area contributed by atoms with E-state index >= 15 is 0 Å². The smallest absolute Gasteiger partial charge is 0.222 e. The number of nitrogens with two attached hydrogens (primary N) is 1. The molecule has 4 N–H and O–H groups in total. The molecule has 5 nitrogen and oxygen atoms in total. The van der Waals surface area contributed by atoms with Gasteiger partial charge < -0.3 is 16.4 Å². The van der Waals surface area contributed by atoms with E-state index in [0.717, 1.165) is 13.0 Å². The van der Waals surface area contributed by atoms with Crippen LogP contribution in [0.2, 0.25) is 0 Å². The van der Waals surface area contributed by atoms with Gasteiger partial charge in [0.2, 0.25) is 11.8 Å². The molecule has 0 bridgehead atoms. The van der Waals surface area contributed by atoms with Gasteiger partial charge in [-0.3, -0.25) is 9.59 Å². The first-order valence-corrected chi connectivity index (χ1v) is 4.91. The largest absolute Gasteiger partial charge is 0.369 e. The maximum Gasteiger partial charge on any atom is 0.222 e. The summed E-state index contributed by atoms with van der Waals surface area (Å²) in [6, 6.07) is 0. The zero-order valence-electron chi connectivity index (χ0n) is 8.01. The van der Waals surface area contributed by atoms with Gasteiger partial charge in [-0.15, -0.1) is 0 Å². The number of carbonyl (C=O) groups is 2. The quantitative estimate of drug-likeness (QED) is 0.482. The van der Waals surface area contributed by atoms with Crippen molar-refractivity contribution in [2.45, 2.75) is 12.8 Å². The van der Waals surface area contributed by atoms with E-state index in [0.29, 0.717) is 19.5 Å². The summed E-state index contributed by atoms with van der Waals surface area (Å²) in [5, 5.41) is 5.93. The summed E-state index contributed by atoms with van der Waals surface area (Å²) in [7, 11) is 0. The minimum Gasteiger partial charge on any atom is -0.369 e. The first-order chi connectivity index (χ1) is 6.64.